The summed E-state index contributed by atoms with van der Waals surface area (Å²) in [4.78, 5) is 0. The molecule has 5 heteroatoms. The fraction of sp³-hybridized carbons (Fsp3) is 0.308. The summed E-state index contributed by atoms with van der Waals surface area (Å²) in [5.74, 6) is 0. The molecule has 1 aromatic heterocycles. The van der Waals surface area contributed by atoms with Crippen LogP contribution >= 0.6 is 27.5 Å². The molecular weight excluding hydrogens is 314 g/mol. The molecule has 1 unspecified atom stereocenters. The minimum absolute atomic E-state index is 0.167. The van der Waals surface area contributed by atoms with Crippen molar-refractivity contribution in [1.82, 2.24) is 15.1 Å². The first-order valence-corrected chi connectivity index (χ1v) is 6.88. The predicted octanol–water partition coefficient (Wildman–Crippen LogP) is 3.34. The Morgan fingerprint density at radius 1 is 1.44 bits per heavy atom. The second kappa shape index (κ2) is 5.87. The first-order chi connectivity index (χ1) is 8.60. The molecule has 0 aliphatic rings. The van der Waals surface area contributed by atoms with Gasteiger partial charge in [0, 0.05) is 35.2 Å². The molecule has 2 rings (SSSR count). The Hall–Kier alpha value is -0.840. The minimum Gasteiger partial charge on any atom is -0.313 e. The molecule has 0 fully saturated rings. The largest absolute Gasteiger partial charge is 0.313 e. The van der Waals surface area contributed by atoms with Crippen molar-refractivity contribution in [3.63, 3.8) is 0 Å². The number of halogens is 2. The van der Waals surface area contributed by atoms with Gasteiger partial charge in [0.25, 0.3) is 0 Å². The molecule has 96 valence electrons. The minimum atomic E-state index is 0.167. The monoisotopic (exact) mass is 327 g/mol. The van der Waals surface area contributed by atoms with E-state index in [1.54, 1.807) is 0 Å². The van der Waals surface area contributed by atoms with Crippen molar-refractivity contribution < 1.29 is 0 Å². The van der Waals surface area contributed by atoms with Gasteiger partial charge in [0.15, 0.2) is 0 Å². The Bertz CT molecular complexity index is 539. The van der Waals surface area contributed by atoms with Gasteiger partial charge in [-0.25, -0.2) is 0 Å². The highest BCUT2D eigenvalue weighted by Gasteiger charge is 2.15. The molecule has 0 aliphatic heterocycles. The second-order valence-electron chi connectivity index (χ2n) is 4.19. The van der Waals surface area contributed by atoms with E-state index >= 15 is 0 Å². The third kappa shape index (κ3) is 3.13. The maximum absolute atomic E-state index is 6.28. The fourth-order valence-electron chi connectivity index (χ4n) is 1.93. The Morgan fingerprint density at radius 2 is 2.22 bits per heavy atom. The van der Waals surface area contributed by atoms with Gasteiger partial charge in [-0.3, -0.25) is 4.68 Å². The molecule has 0 saturated carbocycles. The summed E-state index contributed by atoms with van der Waals surface area (Å²) in [6.07, 6.45) is 2.77. The molecule has 2 aromatic rings. The maximum Gasteiger partial charge on any atom is 0.0643 e. The summed E-state index contributed by atoms with van der Waals surface area (Å²) in [5.41, 5.74) is 2.14. The molecule has 0 bridgehead atoms. The second-order valence-corrected chi connectivity index (χ2v) is 5.51. The molecule has 1 heterocycles. The first kappa shape index (κ1) is 13.6. The molecule has 0 aliphatic carbocycles. The van der Waals surface area contributed by atoms with Crippen LogP contribution in [0.1, 0.15) is 17.3 Å². The molecule has 0 amide bonds. The van der Waals surface area contributed by atoms with Crippen LogP contribution in [-0.2, 0) is 13.5 Å². The van der Waals surface area contributed by atoms with Gasteiger partial charge in [-0.15, -0.1) is 0 Å². The highest BCUT2D eigenvalue weighted by molar-refractivity contribution is 9.10. The molecule has 0 saturated heterocycles. The molecular formula is C13H15BrClN3. The zero-order valence-corrected chi connectivity index (χ0v) is 12.7. The molecule has 0 radical (unpaired) electrons. The van der Waals surface area contributed by atoms with Crippen LogP contribution in [0, 0.1) is 0 Å². The Kier molecular flexibility index (Phi) is 4.43. The Morgan fingerprint density at radius 3 is 2.78 bits per heavy atom. The van der Waals surface area contributed by atoms with Crippen molar-refractivity contribution in [1.29, 1.82) is 0 Å². The highest BCUT2D eigenvalue weighted by atomic mass is 79.9. The first-order valence-electron chi connectivity index (χ1n) is 5.71. The molecule has 1 N–H and O–H groups in total. The van der Waals surface area contributed by atoms with E-state index in [1.807, 2.05) is 49.2 Å². The lowest BCUT2D eigenvalue weighted by molar-refractivity contribution is 0.577. The van der Waals surface area contributed by atoms with Gasteiger partial charge in [0.1, 0.15) is 0 Å². The third-order valence-electron chi connectivity index (χ3n) is 2.87. The standard InChI is InChI=1S/C13H15BrClN3/c1-16-13(8-10-5-6-18(2)17-10)11-4-3-9(14)7-12(11)15/h3-7,13,16H,8H2,1-2H3. The van der Waals surface area contributed by atoms with E-state index in [0.29, 0.717) is 0 Å². The van der Waals surface area contributed by atoms with Crippen LogP contribution < -0.4 is 5.32 Å². The van der Waals surface area contributed by atoms with Gasteiger partial charge in [0.05, 0.1) is 5.69 Å². The normalized spacial score (nSPS) is 12.7. The number of nitrogens with zero attached hydrogens (tertiary/aromatic N) is 2. The van der Waals surface area contributed by atoms with E-state index in [1.165, 1.54) is 0 Å². The average Bonchev–Trinajstić information content (AvgIpc) is 2.72. The van der Waals surface area contributed by atoms with Gasteiger partial charge < -0.3 is 5.32 Å². The van der Waals surface area contributed by atoms with Gasteiger partial charge >= 0.3 is 0 Å². The number of rotatable bonds is 4. The lowest BCUT2D eigenvalue weighted by atomic mass is 10.0. The van der Waals surface area contributed by atoms with Crippen molar-refractivity contribution in [2.75, 3.05) is 7.05 Å². The topological polar surface area (TPSA) is 29.9 Å². The molecule has 3 nitrogen and oxygen atoms in total. The number of hydrogen-bond acceptors (Lipinski definition) is 2. The highest BCUT2D eigenvalue weighted by Crippen LogP contribution is 2.28. The van der Waals surface area contributed by atoms with Gasteiger partial charge in [-0.1, -0.05) is 33.6 Å². The van der Waals surface area contributed by atoms with Crippen LogP contribution in [0.15, 0.2) is 34.9 Å². The molecule has 0 spiro atoms. The fourth-order valence-corrected chi connectivity index (χ4v) is 2.74. The van der Waals surface area contributed by atoms with Crippen molar-refractivity contribution in [2.45, 2.75) is 12.5 Å². The molecule has 1 aromatic carbocycles. The Labute approximate surface area is 120 Å². The zero-order valence-electron chi connectivity index (χ0n) is 10.3. The van der Waals surface area contributed by atoms with Crippen molar-refractivity contribution in [3.8, 4) is 0 Å². The molecule has 1 atom stereocenters. The number of nitrogens with one attached hydrogen (secondary N) is 1. The van der Waals surface area contributed by atoms with Crippen LogP contribution in [0.5, 0.6) is 0 Å². The quantitative estimate of drug-likeness (QED) is 0.933. The van der Waals surface area contributed by atoms with Gasteiger partial charge in [0.2, 0.25) is 0 Å². The van der Waals surface area contributed by atoms with E-state index in [-0.39, 0.29) is 6.04 Å². The Balaban J connectivity index is 2.22. The van der Waals surface area contributed by atoms with Gasteiger partial charge in [-0.05, 0) is 30.8 Å². The van der Waals surface area contributed by atoms with E-state index in [9.17, 15) is 0 Å². The van der Waals surface area contributed by atoms with Crippen LogP contribution in [0.2, 0.25) is 5.02 Å². The summed E-state index contributed by atoms with van der Waals surface area (Å²) < 4.78 is 2.80. The maximum atomic E-state index is 6.28. The smallest absolute Gasteiger partial charge is 0.0643 e. The van der Waals surface area contributed by atoms with E-state index in [4.69, 9.17) is 11.6 Å². The zero-order chi connectivity index (χ0) is 13.1. The number of hydrogen-bond donors (Lipinski definition) is 1. The van der Waals surface area contributed by atoms with Crippen LogP contribution in [-0.4, -0.2) is 16.8 Å². The summed E-state index contributed by atoms with van der Waals surface area (Å²) >= 11 is 9.70. The molecule has 18 heavy (non-hydrogen) atoms. The van der Waals surface area contributed by atoms with E-state index in [2.05, 4.69) is 26.3 Å². The lowest BCUT2D eigenvalue weighted by Crippen LogP contribution is -2.19. The summed E-state index contributed by atoms with van der Waals surface area (Å²) in [7, 11) is 3.86. The number of likely N-dealkylation sites (N-methyl/N-ethyl adjacent to an activating group) is 1. The summed E-state index contributed by atoms with van der Waals surface area (Å²) in [5, 5.41) is 8.45. The van der Waals surface area contributed by atoms with E-state index in [0.717, 1.165) is 27.2 Å². The van der Waals surface area contributed by atoms with Crippen molar-refractivity contribution in [3.05, 3.63) is 51.2 Å². The van der Waals surface area contributed by atoms with Crippen LogP contribution in [0.3, 0.4) is 0 Å². The van der Waals surface area contributed by atoms with E-state index < -0.39 is 0 Å². The van der Waals surface area contributed by atoms with Crippen LogP contribution in [0.4, 0.5) is 0 Å². The number of aromatic nitrogens is 2. The van der Waals surface area contributed by atoms with Crippen molar-refractivity contribution >= 4 is 27.5 Å². The van der Waals surface area contributed by atoms with Crippen molar-refractivity contribution in [2.24, 2.45) is 7.05 Å². The third-order valence-corrected chi connectivity index (χ3v) is 3.69. The van der Waals surface area contributed by atoms with Gasteiger partial charge in [-0.2, -0.15) is 5.10 Å². The van der Waals surface area contributed by atoms with Crippen LogP contribution in [0.25, 0.3) is 0 Å². The average molecular weight is 329 g/mol. The SMILES string of the molecule is CNC(Cc1ccn(C)n1)c1ccc(Br)cc1Cl. The summed E-state index contributed by atoms with van der Waals surface area (Å²) in [6, 6.07) is 8.15. The number of benzene rings is 1. The lowest BCUT2D eigenvalue weighted by Gasteiger charge is -2.17. The number of aryl methyl sites for hydroxylation is 1. The summed E-state index contributed by atoms with van der Waals surface area (Å²) in [6.45, 7) is 0. The predicted molar refractivity (Wildman–Crippen MR) is 77.9 cm³/mol.